The number of morpholine rings is 1. The molecule has 3 heterocycles. The Morgan fingerprint density at radius 3 is 2.58 bits per heavy atom. The summed E-state index contributed by atoms with van der Waals surface area (Å²) in [6.07, 6.45) is 2.41. The number of ether oxygens (including phenoxy) is 1. The Labute approximate surface area is 154 Å². The lowest BCUT2D eigenvalue weighted by Crippen LogP contribution is -2.62. The molecule has 6 heteroatoms. The highest BCUT2D eigenvalue weighted by Crippen LogP contribution is 2.30. The summed E-state index contributed by atoms with van der Waals surface area (Å²) in [7, 11) is 0. The van der Waals surface area contributed by atoms with Crippen molar-refractivity contribution in [3.05, 3.63) is 47.1 Å². The maximum Gasteiger partial charge on any atom is 0.257 e. The minimum atomic E-state index is -0.0802. The molecule has 0 N–H and O–H groups in total. The van der Waals surface area contributed by atoms with Crippen molar-refractivity contribution in [2.75, 3.05) is 39.3 Å². The van der Waals surface area contributed by atoms with Crippen LogP contribution < -0.4 is 0 Å². The van der Waals surface area contributed by atoms with Gasteiger partial charge in [0.25, 0.3) is 5.89 Å². The summed E-state index contributed by atoms with van der Waals surface area (Å²) in [5, 5.41) is 3.89. The van der Waals surface area contributed by atoms with Crippen LogP contribution in [0.25, 0.3) is 0 Å². The van der Waals surface area contributed by atoms with Crippen LogP contribution in [0.4, 0.5) is 0 Å². The van der Waals surface area contributed by atoms with E-state index in [2.05, 4.69) is 44.2 Å². The molecular weight excluding hydrogens is 328 g/mol. The molecule has 0 radical (unpaired) electrons. The second kappa shape index (κ2) is 6.76. The topological polar surface area (TPSA) is 54.6 Å². The summed E-state index contributed by atoms with van der Waals surface area (Å²) in [5.74, 6) is 2.08. The van der Waals surface area contributed by atoms with Gasteiger partial charge in [0, 0.05) is 38.8 Å². The third-order valence-corrected chi connectivity index (χ3v) is 6.02. The van der Waals surface area contributed by atoms with Crippen LogP contribution in [0.3, 0.4) is 0 Å². The van der Waals surface area contributed by atoms with Crippen molar-refractivity contribution in [1.82, 2.24) is 19.9 Å². The van der Waals surface area contributed by atoms with Gasteiger partial charge in [-0.3, -0.25) is 9.80 Å². The minimum absolute atomic E-state index is 0.0802. The summed E-state index contributed by atoms with van der Waals surface area (Å²) in [6.45, 7) is 8.00. The Morgan fingerprint density at radius 1 is 1.12 bits per heavy atom. The largest absolute Gasteiger partial charge is 0.366 e. The lowest BCUT2D eigenvalue weighted by molar-refractivity contribution is -0.0846. The maximum atomic E-state index is 5.85. The van der Waals surface area contributed by atoms with Gasteiger partial charge < -0.3 is 9.26 Å². The monoisotopic (exact) mass is 354 g/mol. The number of aromatic nitrogens is 2. The van der Waals surface area contributed by atoms with Crippen LogP contribution in [0.1, 0.15) is 28.9 Å². The molecule has 3 aliphatic rings. The SMILES string of the molecule is Cc1noc(C2CN(C3CN(CC4Cc5ccccc5C4)C3)CCO2)n1. The van der Waals surface area contributed by atoms with E-state index in [4.69, 9.17) is 9.26 Å². The van der Waals surface area contributed by atoms with Crippen LogP contribution in [0, 0.1) is 12.8 Å². The van der Waals surface area contributed by atoms with Crippen molar-refractivity contribution in [3.8, 4) is 0 Å². The van der Waals surface area contributed by atoms with Crippen LogP contribution in [-0.2, 0) is 17.6 Å². The van der Waals surface area contributed by atoms with Crippen molar-refractivity contribution >= 4 is 0 Å². The van der Waals surface area contributed by atoms with Gasteiger partial charge in [-0.1, -0.05) is 29.4 Å². The van der Waals surface area contributed by atoms with Gasteiger partial charge in [0.05, 0.1) is 6.61 Å². The number of likely N-dealkylation sites (tertiary alicyclic amines) is 1. The van der Waals surface area contributed by atoms with E-state index in [1.54, 1.807) is 11.1 Å². The van der Waals surface area contributed by atoms with E-state index >= 15 is 0 Å². The molecule has 1 unspecified atom stereocenters. The van der Waals surface area contributed by atoms with E-state index in [9.17, 15) is 0 Å². The van der Waals surface area contributed by atoms with Crippen molar-refractivity contribution in [3.63, 3.8) is 0 Å². The highest BCUT2D eigenvalue weighted by Gasteiger charge is 2.37. The minimum Gasteiger partial charge on any atom is -0.366 e. The predicted octanol–water partition coefficient (Wildman–Crippen LogP) is 1.85. The van der Waals surface area contributed by atoms with Gasteiger partial charge in [-0.2, -0.15) is 4.98 Å². The normalized spacial score (nSPS) is 25.3. The van der Waals surface area contributed by atoms with Crippen LogP contribution in [0.15, 0.2) is 28.8 Å². The van der Waals surface area contributed by atoms with Gasteiger partial charge >= 0.3 is 0 Å². The summed E-state index contributed by atoms with van der Waals surface area (Å²) >= 11 is 0. The van der Waals surface area contributed by atoms with E-state index in [0.29, 0.717) is 17.8 Å². The van der Waals surface area contributed by atoms with E-state index in [1.807, 2.05) is 6.92 Å². The first kappa shape index (κ1) is 16.4. The fraction of sp³-hybridized carbons (Fsp3) is 0.600. The van der Waals surface area contributed by atoms with Gasteiger partial charge in [-0.15, -0.1) is 0 Å². The quantitative estimate of drug-likeness (QED) is 0.835. The van der Waals surface area contributed by atoms with Crippen molar-refractivity contribution < 1.29 is 9.26 Å². The molecule has 1 aromatic heterocycles. The summed E-state index contributed by atoms with van der Waals surface area (Å²) in [4.78, 5) is 9.48. The molecule has 1 atom stereocenters. The molecule has 1 aliphatic carbocycles. The van der Waals surface area contributed by atoms with Gasteiger partial charge in [-0.25, -0.2) is 0 Å². The van der Waals surface area contributed by atoms with Crippen LogP contribution in [0.5, 0.6) is 0 Å². The molecule has 2 saturated heterocycles. The number of aryl methyl sites for hydroxylation is 1. The summed E-state index contributed by atoms with van der Waals surface area (Å²) < 4.78 is 11.1. The molecule has 0 saturated carbocycles. The zero-order valence-corrected chi connectivity index (χ0v) is 15.3. The number of benzene rings is 1. The fourth-order valence-electron chi connectivity index (χ4n) is 4.66. The van der Waals surface area contributed by atoms with Crippen molar-refractivity contribution in [2.24, 2.45) is 5.92 Å². The van der Waals surface area contributed by atoms with E-state index in [-0.39, 0.29) is 6.10 Å². The Morgan fingerprint density at radius 2 is 1.88 bits per heavy atom. The average Bonchev–Trinajstić information content (AvgIpc) is 3.23. The first-order valence-corrected chi connectivity index (χ1v) is 9.69. The average molecular weight is 354 g/mol. The molecule has 0 spiro atoms. The summed E-state index contributed by atoms with van der Waals surface area (Å²) in [5.41, 5.74) is 3.11. The highest BCUT2D eigenvalue weighted by atomic mass is 16.5. The molecule has 2 fully saturated rings. The zero-order valence-electron chi connectivity index (χ0n) is 15.3. The second-order valence-corrected chi connectivity index (χ2v) is 7.95. The third kappa shape index (κ3) is 3.17. The number of nitrogens with zero attached hydrogens (tertiary/aromatic N) is 4. The Hall–Kier alpha value is -1.76. The number of fused-ring (bicyclic) bond motifs is 1. The molecule has 2 aliphatic heterocycles. The predicted molar refractivity (Wildman–Crippen MR) is 96.9 cm³/mol. The van der Waals surface area contributed by atoms with E-state index in [1.165, 1.54) is 32.5 Å². The Balaban J connectivity index is 1.11. The molecule has 138 valence electrons. The highest BCUT2D eigenvalue weighted by molar-refractivity contribution is 5.32. The standard InChI is InChI=1S/C20H26N4O2/c1-14-21-20(26-22-14)19-13-24(6-7-25-19)18-11-23(12-18)10-15-8-16-4-2-3-5-17(16)9-15/h2-5,15,18-19H,6-13H2,1H3. The second-order valence-electron chi connectivity index (χ2n) is 7.95. The molecule has 0 bridgehead atoms. The molecule has 0 amide bonds. The van der Waals surface area contributed by atoms with Gasteiger partial charge in [0.15, 0.2) is 5.82 Å². The molecule has 6 nitrogen and oxygen atoms in total. The molecule has 2 aromatic rings. The number of hydrogen-bond acceptors (Lipinski definition) is 6. The smallest absolute Gasteiger partial charge is 0.257 e. The lowest BCUT2D eigenvalue weighted by Gasteiger charge is -2.48. The fourth-order valence-corrected chi connectivity index (χ4v) is 4.66. The molecular formula is C20H26N4O2. The first-order chi connectivity index (χ1) is 12.7. The molecule has 5 rings (SSSR count). The first-order valence-electron chi connectivity index (χ1n) is 9.69. The Bertz CT molecular complexity index is 746. The van der Waals surface area contributed by atoms with Crippen molar-refractivity contribution in [1.29, 1.82) is 0 Å². The van der Waals surface area contributed by atoms with Crippen LogP contribution >= 0.6 is 0 Å². The van der Waals surface area contributed by atoms with Gasteiger partial charge in [0.1, 0.15) is 6.10 Å². The Kier molecular flexibility index (Phi) is 4.27. The maximum absolute atomic E-state index is 5.85. The van der Waals surface area contributed by atoms with Gasteiger partial charge in [-0.05, 0) is 36.8 Å². The number of rotatable bonds is 4. The zero-order chi connectivity index (χ0) is 17.5. The van der Waals surface area contributed by atoms with Gasteiger partial charge in [0.2, 0.25) is 0 Å². The lowest BCUT2D eigenvalue weighted by atomic mass is 10.00. The van der Waals surface area contributed by atoms with E-state index < -0.39 is 0 Å². The van der Waals surface area contributed by atoms with E-state index in [0.717, 1.165) is 25.6 Å². The third-order valence-electron chi connectivity index (χ3n) is 6.02. The number of hydrogen-bond donors (Lipinski definition) is 0. The van der Waals surface area contributed by atoms with Crippen LogP contribution in [-0.4, -0.2) is 65.3 Å². The van der Waals surface area contributed by atoms with Crippen molar-refractivity contribution in [2.45, 2.75) is 31.9 Å². The molecule has 1 aromatic carbocycles. The van der Waals surface area contributed by atoms with Crippen LogP contribution in [0.2, 0.25) is 0 Å². The molecule has 26 heavy (non-hydrogen) atoms. The summed E-state index contributed by atoms with van der Waals surface area (Å²) in [6, 6.07) is 9.55.